The van der Waals surface area contributed by atoms with Crippen molar-refractivity contribution in [3.8, 4) is 0 Å². The normalized spacial score (nSPS) is 11.5. The molecule has 0 radical (unpaired) electrons. The van der Waals surface area contributed by atoms with Gasteiger partial charge in [-0.15, -0.1) is 0 Å². The van der Waals surface area contributed by atoms with E-state index in [2.05, 4.69) is 21.9 Å². The first-order valence-electron chi connectivity index (χ1n) is 10.4. The van der Waals surface area contributed by atoms with Crippen molar-refractivity contribution in [2.24, 2.45) is 14.1 Å². The standard InChI is InChI=1S/C21H33N5O4S/c1-5-14-26(19-16-20(27)25(3)21(28)24(19)2)15-13-22-12-6-7-17-8-10-18(11-9-17)23-31(4,29)30/h8-11,16,22-23H,5-7,12-15H2,1-4H3. The van der Waals surface area contributed by atoms with E-state index in [1.54, 1.807) is 19.2 Å². The molecule has 0 bridgehead atoms. The predicted octanol–water partition coefficient (Wildman–Crippen LogP) is 0.894. The van der Waals surface area contributed by atoms with Crippen LogP contribution in [0.15, 0.2) is 39.9 Å². The van der Waals surface area contributed by atoms with Gasteiger partial charge in [0.05, 0.1) is 6.26 Å². The predicted molar refractivity (Wildman–Crippen MR) is 126 cm³/mol. The van der Waals surface area contributed by atoms with Crippen LogP contribution in [0.3, 0.4) is 0 Å². The summed E-state index contributed by atoms with van der Waals surface area (Å²) >= 11 is 0. The van der Waals surface area contributed by atoms with Gasteiger partial charge in [0, 0.05) is 45.5 Å². The van der Waals surface area contributed by atoms with Gasteiger partial charge in [0.25, 0.3) is 5.56 Å². The lowest BCUT2D eigenvalue weighted by atomic mass is 10.1. The molecule has 0 fully saturated rings. The van der Waals surface area contributed by atoms with Crippen LogP contribution in [0.2, 0.25) is 0 Å². The molecule has 0 aliphatic heterocycles. The van der Waals surface area contributed by atoms with Gasteiger partial charge >= 0.3 is 5.69 Å². The van der Waals surface area contributed by atoms with E-state index in [1.165, 1.54) is 17.7 Å². The topological polar surface area (TPSA) is 105 Å². The molecule has 0 aliphatic rings. The van der Waals surface area contributed by atoms with E-state index in [0.717, 1.165) is 55.3 Å². The molecule has 172 valence electrons. The summed E-state index contributed by atoms with van der Waals surface area (Å²) in [5, 5.41) is 3.41. The lowest BCUT2D eigenvalue weighted by Gasteiger charge is -2.26. The first-order chi connectivity index (χ1) is 14.6. The number of sulfonamides is 1. The number of aryl methyl sites for hydroxylation is 1. The molecule has 0 atom stereocenters. The Morgan fingerprint density at radius 3 is 2.29 bits per heavy atom. The Morgan fingerprint density at radius 1 is 1.00 bits per heavy atom. The first kappa shape index (κ1) is 24.7. The van der Waals surface area contributed by atoms with Crippen molar-refractivity contribution in [3.05, 3.63) is 56.7 Å². The molecular formula is C21H33N5O4S. The maximum Gasteiger partial charge on any atom is 0.332 e. The van der Waals surface area contributed by atoms with Crippen LogP contribution in [0.5, 0.6) is 0 Å². The number of hydrogen-bond acceptors (Lipinski definition) is 6. The van der Waals surface area contributed by atoms with Crippen LogP contribution >= 0.6 is 0 Å². The molecule has 0 unspecified atom stereocenters. The van der Waals surface area contributed by atoms with Gasteiger partial charge < -0.3 is 10.2 Å². The Bertz CT molecular complexity index is 1070. The van der Waals surface area contributed by atoms with E-state index in [0.29, 0.717) is 18.1 Å². The Morgan fingerprint density at radius 2 is 1.68 bits per heavy atom. The molecule has 1 heterocycles. The van der Waals surface area contributed by atoms with Gasteiger partial charge in [-0.1, -0.05) is 19.1 Å². The molecule has 0 saturated heterocycles. The number of benzene rings is 1. The van der Waals surface area contributed by atoms with Crippen molar-refractivity contribution in [2.75, 3.05) is 42.1 Å². The number of hydrogen-bond donors (Lipinski definition) is 2. The third-order valence-electron chi connectivity index (χ3n) is 4.95. The van der Waals surface area contributed by atoms with E-state index < -0.39 is 10.0 Å². The number of nitrogens with one attached hydrogen (secondary N) is 2. The molecular weight excluding hydrogens is 418 g/mol. The number of aromatic nitrogens is 2. The van der Waals surface area contributed by atoms with Crippen LogP contribution in [0.25, 0.3) is 0 Å². The number of nitrogens with zero attached hydrogens (tertiary/aromatic N) is 3. The zero-order chi connectivity index (χ0) is 23.0. The van der Waals surface area contributed by atoms with Gasteiger partial charge in [-0.05, 0) is 43.5 Å². The van der Waals surface area contributed by atoms with Crippen LogP contribution in [0, 0.1) is 0 Å². The highest BCUT2D eigenvalue weighted by Crippen LogP contribution is 2.12. The molecule has 1 aromatic heterocycles. The van der Waals surface area contributed by atoms with Crippen molar-refractivity contribution in [3.63, 3.8) is 0 Å². The van der Waals surface area contributed by atoms with Crippen molar-refractivity contribution < 1.29 is 8.42 Å². The monoisotopic (exact) mass is 451 g/mol. The summed E-state index contributed by atoms with van der Waals surface area (Å²) in [6.07, 6.45) is 3.86. The summed E-state index contributed by atoms with van der Waals surface area (Å²) in [6.45, 7) is 5.09. The zero-order valence-corrected chi connectivity index (χ0v) is 19.5. The van der Waals surface area contributed by atoms with Crippen LogP contribution < -0.4 is 26.2 Å². The molecule has 2 N–H and O–H groups in total. The minimum Gasteiger partial charge on any atom is -0.356 e. The summed E-state index contributed by atoms with van der Waals surface area (Å²) in [5.41, 5.74) is 1.08. The lowest BCUT2D eigenvalue weighted by Crippen LogP contribution is -2.42. The maximum absolute atomic E-state index is 12.2. The molecule has 0 spiro atoms. The summed E-state index contributed by atoms with van der Waals surface area (Å²) in [4.78, 5) is 26.3. The van der Waals surface area contributed by atoms with Gasteiger partial charge in [-0.2, -0.15) is 0 Å². The highest BCUT2D eigenvalue weighted by molar-refractivity contribution is 7.92. The van der Waals surface area contributed by atoms with Crippen molar-refractivity contribution in [1.82, 2.24) is 14.5 Å². The Balaban J connectivity index is 1.82. The molecule has 10 heteroatoms. The lowest BCUT2D eigenvalue weighted by molar-refractivity contribution is 0.607. The van der Waals surface area contributed by atoms with Crippen LogP contribution in [0.1, 0.15) is 25.3 Å². The second kappa shape index (κ2) is 11.1. The second-order valence-electron chi connectivity index (χ2n) is 7.65. The SMILES string of the molecule is CCCN(CCNCCCc1ccc(NS(C)(=O)=O)cc1)c1cc(=O)n(C)c(=O)n1C. The Kier molecular flexibility index (Phi) is 8.88. The van der Waals surface area contributed by atoms with Crippen molar-refractivity contribution in [2.45, 2.75) is 26.2 Å². The van der Waals surface area contributed by atoms with E-state index in [-0.39, 0.29) is 11.2 Å². The zero-order valence-electron chi connectivity index (χ0n) is 18.7. The number of anilines is 2. The van der Waals surface area contributed by atoms with E-state index in [4.69, 9.17) is 0 Å². The molecule has 0 amide bonds. The summed E-state index contributed by atoms with van der Waals surface area (Å²) in [7, 11) is -0.0933. The molecule has 2 aromatic rings. The highest BCUT2D eigenvalue weighted by atomic mass is 32.2. The minimum atomic E-state index is -3.26. The summed E-state index contributed by atoms with van der Waals surface area (Å²) in [5.74, 6) is 0.638. The smallest absolute Gasteiger partial charge is 0.332 e. The van der Waals surface area contributed by atoms with Crippen LogP contribution in [0.4, 0.5) is 11.5 Å². The summed E-state index contributed by atoms with van der Waals surface area (Å²) in [6, 6.07) is 8.89. The third-order valence-corrected chi connectivity index (χ3v) is 5.56. The van der Waals surface area contributed by atoms with Gasteiger partial charge in [0.1, 0.15) is 5.82 Å². The molecule has 0 aliphatic carbocycles. The molecule has 31 heavy (non-hydrogen) atoms. The number of rotatable bonds is 12. The van der Waals surface area contributed by atoms with Crippen molar-refractivity contribution >= 4 is 21.5 Å². The fourth-order valence-corrected chi connectivity index (χ4v) is 3.91. The van der Waals surface area contributed by atoms with E-state index in [1.807, 2.05) is 12.1 Å². The van der Waals surface area contributed by atoms with Crippen LogP contribution in [-0.4, -0.2) is 50.0 Å². The van der Waals surface area contributed by atoms with Gasteiger partial charge in [-0.25, -0.2) is 13.2 Å². The Hall–Kier alpha value is -2.59. The Labute approximate surface area is 183 Å². The van der Waals surface area contributed by atoms with Gasteiger partial charge in [0.15, 0.2) is 0 Å². The average molecular weight is 452 g/mol. The second-order valence-corrected chi connectivity index (χ2v) is 9.40. The first-order valence-corrected chi connectivity index (χ1v) is 12.3. The molecule has 9 nitrogen and oxygen atoms in total. The van der Waals surface area contributed by atoms with E-state index in [9.17, 15) is 18.0 Å². The summed E-state index contributed by atoms with van der Waals surface area (Å²) < 4.78 is 27.6. The fourth-order valence-electron chi connectivity index (χ4n) is 3.35. The molecule has 0 saturated carbocycles. The van der Waals surface area contributed by atoms with Gasteiger partial charge in [-0.3, -0.25) is 18.7 Å². The van der Waals surface area contributed by atoms with Crippen molar-refractivity contribution in [1.29, 1.82) is 0 Å². The average Bonchev–Trinajstić information content (AvgIpc) is 2.71. The molecule has 1 aromatic carbocycles. The van der Waals surface area contributed by atoms with Crippen LogP contribution in [-0.2, 0) is 30.5 Å². The quantitative estimate of drug-likeness (QED) is 0.465. The largest absolute Gasteiger partial charge is 0.356 e. The molecule has 2 rings (SSSR count). The highest BCUT2D eigenvalue weighted by Gasteiger charge is 2.12. The third kappa shape index (κ3) is 7.55. The van der Waals surface area contributed by atoms with Gasteiger partial charge in [0.2, 0.25) is 10.0 Å². The fraction of sp³-hybridized carbons (Fsp3) is 0.524. The maximum atomic E-state index is 12.2. The minimum absolute atomic E-state index is 0.301. The van der Waals surface area contributed by atoms with E-state index >= 15 is 0 Å².